The Morgan fingerprint density at radius 3 is 2.65 bits per heavy atom. The molecule has 0 unspecified atom stereocenters. The van der Waals surface area contributed by atoms with E-state index in [2.05, 4.69) is 16.2 Å². The Labute approximate surface area is 117 Å². The highest BCUT2D eigenvalue weighted by Gasteiger charge is 2.43. The number of rotatable bonds is 4. The normalized spacial score (nSPS) is 16.4. The maximum absolute atomic E-state index is 8.77. The van der Waals surface area contributed by atoms with Gasteiger partial charge in [-0.15, -0.1) is 0 Å². The summed E-state index contributed by atoms with van der Waals surface area (Å²) in [5.74, 6) is 1.22. The Bertz CT molecular complexity index is 630. The molecule has 0 saturated heterocycles. The van der Waals surface area contributed by atoms with Gasteiger partial charge in [-0.3, -0.25) is 0 Å². The lowest BCUT2D eigenvalue weighted by Gasteiger charge is -2.37. The first-order chi connectivity index (χ1) is 9.75. The van der Waals surface area contributed by atoms with Crippen molar-refractivity contribution in [1.29, 1.82) is 5.26 Å². The molecule has 102 valence electrons. The standard InChI is InChI=1S/C15H15N3O2/c1-19-15(7-2-8-15)14-17-13(20-18-14)9-11-3-5-12(10-16)6-4-11/h3-6H,2,7-9H2,1H3. The quantitative estimate of drug-likeness (QED) is 0.853. The summed E-state index contributed by atoms with van der Waals surface area (Å²) < 4.78 is 10.8. The Morgan fingerprint density at radius 1 is 1.35 bits per heavy atom. The third-order valence-electron chi connectivity index (χ3n) is 3.87. The first-order valence-electron chi connectivity index (χ1n) is 6.63. The SMILES string of the molecule is COC1(c2noc(Cc3ccc(C#N)cc3)n2)CCC1. The summed E-state index contributed by atoms with van der Waals surface area (Å²) in [4.78, 5) is 4.45. The number of methoxy groups -OCH3 is 1. The summed E-state index contributed by atoms with van der Waals surface area (Å²) >= 11 is 0. The van der Waals surface area contributed by atoms with Gasteiger partial charge in [0, 0.05) is 7.11 Å². The smallest absolute Gasteiger partial charge is 0.231 e. The molecule has 2 aromatic rings. The molecule has 3 rings (SSSR count). The van der Waals surface area contributed by atoms with Crippen molar-refractivity contribution in [3.63, 3.8) is 0 Å². The maximum Gasteiger partial charge on any atom is 0.231 e. The van der Waals surface area contributed by atoms with E-state index in [4.69, 9.17) is 14.5 Å². The van der Waals surface area contributed by atoms with E-state index in [1.165, 1.54) is 0 Å². The largest absolute Gasteiger partial charge is 0.370 e. The number of aromatic nitrogens is 2. The Hall–Kier alpha value is -2.19. The van der Waals surface area contributed by atoms with Crippen LogP contribution in [0.15, 0.2) is 28.8 Å². The van der Waals surface area contributed by atoms with Crippen molar-refractivity contribution < 1.29 is 9.26 Å². The van der Waals surface area contributed by atoms with Gasteiger partial charge in [0.15, 0.2) is 0 Å². The van der Waals surface area contributed by atoms with Gasteiger partial charge in [0.2, 0.25) is 11.7 Å². The van der Waals surface area contributed by atoms with Crippen LogP contribution in [0, 0.1) is 11.3 Å². The van der Waals surface area contributed by atoms with E-state index >= 15 is 0 Å². The summed E-state index contributed by atoms with van der Waals surface area (Å²) in [7, 11) is 1.69. The molecule has 0 radical (unpaired) electrons. The average Bonchev–Trinajstić information content (AvgIpc) is 2.88. The molecular weight excluding hydrogens is 254 g/mol. The second kappa shape index (κ2) is 5.06. The third-order valence-corrected chi connectivity index (χ3v) is 3.87. The van der Waals surface area contributed by atoms with Gasteiger partial charge in [-0.2, -0.15) is 10.2 Å². The van der Waals surface area contributed by atoms with Crippen LogP contribution >= 0.6 is 0 Å². The molecule has 5 nitrogen and oxygen atoms in total. The van der Waals surface area contributed by atoms with Crippen LogP contribution < -0.4 is 0 Å². The van der Waals surface area contributed by atoms with E-state index in [-0.39, 0.29) is 5.60 Å². The lowest BCUT2D eigenvalue weighted by molar-refractivity contribution is -0.0858. The third kappa shape index (κ3) is 2.19. The zero-order chi connectivity index (χ0) is 14.0. The zero-order valence-corrected chi connectivity index (χ0v) is 11.3. The van der Waals surface area contributed by atoms with Gasteiger partial charge in [0.25, 0.3) is 0 Å². The molecular formula is C15H15N3O2. The number of benzene rings is 1. The minimum atomic E-state index is -0.341. The molecule has 1 aliphatic rings. The lowest BCUT2D eigenvalue weighted by Crippen LogP contribution is -2.37. The molecule has 1 aliphatic carbocycles. The first kappa shape index (κ1) is 12.8. The number of hydrogen-bond acceptors (Lipinski definition) is 5. The van der Waals surface area contributed by atoms with Crippen LogP contribution in [0.5, 0.6) is 0 Å². The monoisotopic (exact) mass is 269 g/mol. The fourth-order valence-corrected chi connectivity index (χ4v) is 2.40. The summed E-state index contributed by atoms with van der Waals surface area (Å²) in [6.07, 6.45) is 3.59. The molecule has 0 aliphatic heterocycles. The van der Waals surface area contributed by atoms with Crippen LogP contribution in [0.4, 0.5) is 0 Å². The van der Waals surface area contributed by atoms with Crippen molar-refractivity contribution >= 4 is 0 Å². The molecule has 0 amide bonds. The molecule has 1 fully saturated rings. The highest BCUT2D eigenvalue weighted by atomic mass is 16.5. The number of nitrogens with zero attached hydrogens (tertiary/aromatic N) is 3. The van der Waals surface area contributed by atoms with E-state index in [1.807, 2.05) is 12.1 Å². The number of ether oxygens (including phenoxy) is 1. The molecule has 0 spiro atoms. The van der Waals surface area contributed by atoms with Gasteiger partial charge in [0.05, 0.1) is 18.1 Å². The molecule has 1 aromatic carbocycles. The molecule has 0 atom stereocenters. The van der Waals surface area contributed by atoms with Gasteiger partial charge in [-0.1, -0.05) is 17.3 Å². The fraction of sp³-hybridized carbons (Fsp3) is 0.400. The molecule has 1 saturated carbocycles. The Kier molecular flexibility index (Phi) is 3.25. The molecule has 1 heterocycles. The molecule has 0 bridgehead atoms. The van der Waals surface area contributed by atoms with Gasteiger partial charge in [-0.05, 0) is 37.0 Å². The van der Waals surface area contributed by atoms with Crippen LogP contribution in [-0.2, 0) is 16.8 Å². The van der Waals surface area contributed by atoms with Gasteiger partial charge in [-0.25, -0.2) is 0 Å². The van der Waals surface area contributed by atoms with Crippen LogP contribution in [0.1, 0.15) is 42.1 Å². The average molecular weight is 269 g/mol. The van der Waals surface area contributed by atoms with Crippen molar-refractivity contribution in [3.8, 4) is 6.07 Å². The minimum Gasteiger partial charge on any atom is -0.370 e. The molecule has 20 heavy (non-hydrogen) atoms. The Morgan fingerprint density at radius 2 is 2.10 bits per heavy atom. The van der Waals surface area contributed by atoms with Crippen LogP contribution in [0.2, 0.25) is 0 Å². The van der Waals surface area contributed by atoms with Crippen molar-refractivity contribution in [2.45, 2.75) is 31.3 Å². The van der Waals surface area contributed by atoms with E-state index in [9.17, 15) is 0 Å². The van der Waals surface area contributed by atoms with E-state index < -0.39 is 0 Å². The lowest BCUT2D eigenvalue weighted by atomic mass is 9.79. The van der Waals surface area contributed by atoms with Crippen LogP contribution in [0.25, 0.3) is 0 Å². The Balaban J connectivity index is 1.75. The summed E-state index contributed by atoms with van der Waals surface area (Å²) in [6, 6.07) is 9.47. The van der Waals surface area contributed by atoms with Gasteiger partial charge >= 0.3 is 0 Å². The van der Waals surface area contributed by atoms with E-state index in [0.717, 1.165) is 24.8 Å². The number of hydrogen-bond donors (Lipinski definition) is 0. The van der Waals surface area contributed by atoms with Crippen LogP contribution in [-0.4, -0.2) is 17.3 Å². The maximum atomic E-state index is 8.77. The topological polar surface area (TPSA) is 71.9 Å². The molecule has 5 heteroatoms. The minimum absolute atomic E-state index is 0.341. The fourth-order valence-electron chi connectivity index (χ4n) is 2.40. The summed E-state index contributed by atoms with van der Waals surface area (Å²) in [6.45, 7) is 0. The second-order valence-electron chi connectivity index (χ2n) is 5.05. The van der Waals surface area contributed by atoms with Gasteiger partial charge in [0.1, 0.15) is 5.60 Å². The van der Waals surface area contributed by atoms with Crippen molar-refractivity contribution in [1.82, 2.24) is 10.1 Å². The molecule has 1 aromatic heterocycles. The highest BCUT2D eigenvalue weighted by molar-refractivity contribution is 5.32. The second-order valence-corrected chi connectivity index (χ2v) is 5.05. The van der Waals surface area contributed by atoms with Crippen molar-refractivity contribution in [3.05, 3.63) is 47.1 Å². The first-order valence-corrected chi connectivity index (χ1v) is 6.63. The van der Waals surface area contributed by atoms with Crippen molar-refractivity contribution in [2.24, 2.45) is 0 Å². The van der Waals surface area contributed by atoms with E-state index in [1.54, 1.807) is 19.2 Å². The predicted octanol–water partition coefficient (Wildman–Crippen LogP) is 2.56. The zero-order valence-electron chi connectivity index (χ0n) is 11.3. The highest BCUT2D eigenvalue weighted by Crippen LogP contribution is 2.42. The predicted molar refractivity (Wildman–Crippen MR) is 70.8 cm³/mol. The van der Waals surface area contributed by atoms with Crippen molar-refractivity contribution in [2.75, 3.05) is 7.11 Å². The number of nitriles is 1. The van der Waals surface area contributed by atoms with Crippen LogP contribution in [0.3, 0.4) is 0 Å². The van der Waals surface area contributed by atoms with E-state index in [0.29, 0.717) is 23.7 Å². The molecule has 0 N–H and O–H groups in total. The summed E-state index contributed by atoms with van der Waals surface area (Å²) in [5, 5.41) is 12.8. The summed E-state index contributed by atoms with van der Waals surface area (Å²) in [5.41, 5.74) is 1.35. The van der Waals surface area contributed by atoms with Gasteiger partial charge < -0.3 is 9.26 Å².